The number of hydrogen-bond donors (Lipinski definition) is 4. The van der Waals surface area contributed by atoms with Gasteiger partial charge in [0.15, 0.2) is 0 Å². The molecule has 6 unspecified atom stereocenters. The Kier molecular flexibility index (Phi) is 10.0. The lowest BCUT2D eigenvalue weighted by Gasteiger charge is -2.40. The first-order valence-corrected chi connectivity index (χ1v) is 12.8. The summed E-state index contributed by atoms with van der Waals surface area (Å²) in [5.41, 5.74) is 0. The summed E-state index contributed by atoms with van der Waals surface area (Å²) in [5.74, 6) is 1.35. The topological polar surface area (TPSA) is 71.7 Å². The van der Waals surface area contributed by atoms with Gasteiger partial charge in [-0.15, -0.1) is 0 Å². The van der Waals surface area contributed by atoms with E-state index in [0.717, 1.165) is 57.7 Å². The molecule has 1 aliphatic heterocycles. The zero-order valence-corrected chi connectivity index (χ0v) is 20.5. The van der Waals surface area contributed by atoms with E-state index in [1.807, 2.05) is 11.9 Å². The van der Waals surface area contributed by atoms with Crippen LogP contribution in [0.3, 0.4) is 0 Å². The van der Waals surface area contributed by atoms with Gasteiger partial charge in [0.05, 0.1) is 6.17 Å². The summed E-state index contributed by atoms with van der Waals surface area (Å²) in [6, 6.07) is 1.05. The Hall–Kier alpha value is -0.730. The second kappa shape index (κ2) is 12.5. The Morgan fingerprint density at radius 3 is 2.42 bits per heavy atom. The highest BCUT2D eigenvalue weighted by Gasteiger charge is 2.31. The minimum atomic E-state index is 0.176. The Morgan fingerprint density at radius 1 is 0.935 bits per heavy atom. The molecule has 0 spiro atoms. The minimum absolute atomic E-state index is 0.176. The lowest BCUT2D eigenvalue weighted by Crippen LogP contribution is -2.66. The molecule has 31 heavy (non-hydrogen) atoms. The standard InChI is InChI=1S/C24H48N6O/c1-18-8-5-10-20(16-18)27-24-25-13-12-22(28-24)26-21-11-6-9-19(17-21)23(31)30(4)15-7-14-29(2)3/h18-22,24-28H,5-17H2,1-4H3. The molecule has 2 saturated carbocycles. The molecule has 7 nitrogen and oxygen atoms in total. The maximum atomic E-state index is 13.0. The third-order valence-corrected chi connectivity index (χ3v) is 7.42. The van der Waals surface area contributed by atoms with Gasteiger partial charge < -0.3 is 9.80 Å². The van der Waals surface area contributed by atoms with Crippen molar-refractivity contribution in [2.45, 2.75) is 95.7 Å². The fraction of sp³-hybridized carbons (Fsp3) is 0.958. The monoisotopic (exact) mass is 436 g/mol. The molecule has 0 radical (unpaired) electrons. The molecule has 0 aromatic rings. The molecular formula is C24H48N6O. The van der Waals surface area contributed by atoms with Crippen LogP contribution in [0.15, 0.2) is 0 Å². The van der Waals surface area contributed by atoms with Gasteiger partial charge in [-0.25, -0.2) is 0 Å². The number of carbonyl (C=O) groups is 1. The van der Waals surface area contributed by atoms with Crippen molar-refractivity contribution in [1.82, 2.24) is 31.1 Å². The highest BCUT2D eigenvalue weighted by atomic mass is 16.2. The van der Waals surface area contributed by atoms with Crippen LogP contribution in [0.2, 0.25) is 0 Å². The molecule has 6 atom stereocenters. The maximum Gasteiger partial charge on any atom is 0.225 e. The Morgan fingerprint density at radius 2 is 1.68 bits per heavy atom. The van der Waals surface area contributed by atoms with E-state index in [0.29, 0.717) is 24.2 Å². The summed E-state index contributed by atoms with van der Waals surface area (Å²) in [5, 5.41) is 15.0. The first-order chi connectivity index (χ1) is 14.9. The fourth-order valence-corrected chi connectivity index (χ4v) is 5.67. The van der Waals surface area contributed by atoms with Crippen LogP contribution in [-0.4, -0.2) is 81.0 Å². The van der Waals surface area contributed by atoms with E-state index in [1.165, 1.54) is 32.1 Å². The molecule has 1 heterocycles. The van der Waals surface area contributed by atoms with E-state index in [4.69, 9.17) is 0 Å². The van der Waals surface area contributed by atoms with Crippen molar-refractivity contribution in [1.29, 1.82) is 0 Å². The third kappa shape index (κ3) is 8.28. The van der Waals surface area contributed by atoms with Gasteiger partial charge in [-0.2, -0.15) is 0 Å². The molecule has 3 aliphatic rings. The van der Waals surface area contributed by atoms with E-state index in [1.54, 1.807) is 0 Å². The number of nitrogens with zero attached hydrogens (tertiary/aromatic N) is 2. The van der Waals surface area contributed by atoms with E-state index in [2.05, 4.69) is 47.2 Å². The number of carbonyl (C=O) groups excluding carboxylic acids is 1. The van der Waals surface area contributed by atoms with Gasteiger partial charge in [0.1, 0.15) is 6.29 Å². The predicted molar refractivity (Wildman–Crippen MR) is 128 cm³/mol. The normalized spacial score (nSPS) is 34.6. The summed E-state index contributed by atoms with van der Waals surface area (Å²) in [6.45, 7) is 5.28. The van der Waals surface area contributed by atoms with Gasteiger partial charge in [-0.1, -0.05) is 26.2 Å². The lowest BCUT2D eigenvalue weighted by atomic mass is 9.84. The summed E-state index contributed by atoms with van der Waals surface area (Å²) < 4.78 is 0. The first kappa shape index (κ1) is 24.9. The summed E-state index contributed by atoms with van der Waals surface area (Å²) in [4.78, 5) is 17.1. The molecule has 180 valence electrons. The molecule has 0 aromatic heterocycles. The summed E-state index contributed by atoms with van der Waals surface area (Å²) in [6.07, 6.45) is 12.2. The van der Waals surface area contributed by atoms with Crippen molar-refractivity contribution >= 4 is 5.91 Å². The minimum Gasteiger partial charge on any atom is -0.345 e. The molecule has 7 heteroatoms. The molecular weight excluding hydrogens is 388 g/mol. The Balaban J connectivity index is 1.41. The summed E-state index contributed by atoms with van der Waals surface area (Å²) >= 11 is 0. The van der Waals surface area contributed by atoms with Crippen LogP contribution in [0.4, 0.5) is 0 Å². The van der Waals surface area contributed by atoms with Crippen molar-refractivity contribution in [2.24, 2.45) is 11.8 Å². The number of hydrogen-bond acceptors (Lipinski definition) is 6. The lowest BCUT2D eigenvalue weighted by molar-refractivity contribution is -0.135. The molecule has 2 aliphatic carbocycles. The van der Waals surface area contributed by atoms with Gasteiger partial charge in [0.2, 0.25) is 5.91 Å². The van der Waals surface area contributed by atoms with Gasteiger partial charge in [-0.05, 0) is 71.5 Å². The predicted octanol–water partition coefficient (Wildman–Crippen LogP) is 1.91. The molecule has 0 aromatic carbocycles. The van der Waals surface area contributed by atoms with Crippen LogP contribution in [-0.2, 0) is 4.79 Å². The molecule has 1 saturated heterocycles. The quantitative estimate of drug-likeness (QED) is 0.443. The average molecular weight is 437 g/mol. The molecule has 3 rings (SSSR count). The van der Waals surface area contributed by atoms with Crippen molar-refractivity contribution in [3.05, 3.63) is 0 Å². The average Bonchev–Trinajstić information content (AvgIpc) is 2.73. The van der Waals surface area contributed by atoms with E-state index in [9.17, 15) is 4.79 Å². The molecule has 0 bridgehead atoms. The largest absolute Gasteiger partial charge is 0.345 e. The van der Waals surface area contributed by atoms with Crippen molar-refractivity contribution in [3.8, 4) is 0 Å². The molecule has 1 amide bonds. The van der Waals surface area contributed by atoms with Crippen LogP contribution in [0.1, 0.15) is 71.1 Å². The molecule has 3 fully saturated rings. The van der Waals surface area contributed by atoms with Crippen molar-refractivity contribution < 1.29 is 4.79 Å². The second-order valence-corrected chi connectivity index (χ2v) is 10.7. The van der Waals surface area contributed by atoms with Gasteiger partial charge in [-0.3, -0.25) is 26.1 Å². The Bertz CT molecular complexity index is 544. The van der Waals surface area contributed by atoms with Gasteiger partial charge >= 0.3 is 0 Å². The zero-order chi connectivity index (χ0) is 22.2. The van der Waals surface area contributed by atoms with Crippen LogP contribution < -0.4 is 21.3 Å². The molecule has 4 N–H and O–H groups in total. The smallest absolute Gasteiger partial charge is 0.225 e. The highest BCUT2D eigenvalue weighted by molar-refractivity contribution is 5.78. The number of nitrogens with one attached hydrogen (secondary N) is 4. The van der Waals surface area contributed by atoms with Gasteiger partial charge in [0, 0.05) is 38.1 Å². The van der Waals surface area contributed by atoms with Crippen LogP contribution in [0, 0.1) is 11.8 Å². The van der Waals surface area contributed by atoms with E-state index < -0.39 is 0 Å². The van der Waals surface area contributed by atoms with Gasteiger partial charge in [0.25, 0.3) is 0 Å². The fourth-order valence-electron chi connectivity index (χ4n) is 5.67. The van der Waals surface area contributed by atoms with Crippen molar-refractivity contribution in [2.75, 3.05) is 40.8 Å². The third-order valence-electron chi connectivity index (χ3n) is 7.42. The van der Waals surface area contributed by atoms with Crippen LogP contribution >= 0.6 is 0 Å². The number of rotatable bonds is 9. The van der Waals surface area contributed by atoms with Crippen LogP contribution in [0.25, 0.3) is 0 Å². The highest BCUT2D eigenvalue weighted by Crippen LogP contribution is 2.27. The number of amides is 1. The van der Waals surface area contributed by atoms with E-state index in [-0.39, 0.29) is 12.2 Å². The van der Waals surface area contributed by atoms with E-state index >= 15 is 0 Å². The Labute approximate surface area is 190 Å². The van der Waals surface area contributed by atoms with Crippen molar-refractivity contribution in [3.63, 3.8) is 0 Å². The maximum absolute atomic E-state index is 13.0. The second-order valence-electron chi connectivity index (χ2n) is 10.7. The SMILES string of the molecule is CC1CCCC(NC2NCCC(NC3CCCC(C(=O)N(C)CCCN(C)C)C3)N2)C1. The first-order valence-electron chi connectivity index (χ1n) is 12.8. The zero-order valence-electron chi connectivity index (χ0n) is 20.5. The van der Waals surface area contributed by atoms with Crippen LogP contribution in [0.5, 0.6) is 0 Å². The summed E-state index contributed by atoms with van der Waals surface area (Å²) in [7, 11) is 6.15.